The topological polar surface area (TPSA) is 87.4 Å². The first-order valence-electron chi connectivity index (χ1n) is 8.89. The van der Waals surface area contributed by atoms with Gasteiger partial charge in [-0.15, -0.1) is 0 Å². The van der Waals surface area contributed by atoms with Crippen LogP contribution in [0, 0.1) is 11.8 Å². The second-order valence-electron chi connectivity index (χ2n) is 7.14. The lowest BCUT2D eigenvalue weighted by atomic mass is 9.78. The van der Waals surface area contributed by atoms with Gasteiger partial charge >= 0.3 is 0 Å². The number of piperazine rings is 1. The summed E-state index contributed by atoms with van der Waals surface area (Å²) >= 11 is 1.34. The lowest BCUT2D eigenvalue weighted by Crippen LogP contribution is -2.52. The molecule has 2 fully saturated rings. The van der Waals surface area contributed by atoms with Crippen LogP contribution >= 0.6 is 11.5 Å². The number of nitrogens with zero attached hydrogens (tertiary/aromatic N) is 4. The van der Waals surface area contributed by atoms with Gasteiger partial charge in [-0.3, -0.25) is 9.69 Å². The van der Waals surface area contributed by atoms with Crippen molar-refractivity contribution in [1.82, 2.24) is 19.6 Å². The van der Waals surface area contributed by atoms with Gasteiger partial charge in [0.1, 0.15) is 0 Å². The minimum atomic E-state index is 0.162. The molecule has 3 rings (SSSR count). The van der Waals surface area contributed by atoms with Crippen LogP contribution in [0.4, 0.5) is 11.1 Å². The summed E-state index contributed by atoms with van der Waals surface area (Å²) in [7, 11) is 0. The first-order chi connectivity index (χ1) is 11.5. The van der Waals surface area contributed by atoms with Crippen LogP contribution in [0.5, 0.6) is 0 Å². The first-order valence-corrected chi connectivity index (χ1v) is 9.66. The molecule has 134 valence electrons. The zero-order chi connectivity index (χ0) is 17.1. The molecular weight excluding hydrogens is 324 g/mol. The van der Waals surface area contributed by atoms with Crippen LogP contribution in [0.15, 0.2) is 0 Å². The number of nitrogens with two attached hydrogens (primary N) is 1. The van der Waals surface area contributed by atoms with Gasteiger partial charge in [0.25, 0.3) is 0 Å². The summed E-state index contributed by atoms with van der Waals surface area (Å²) in [6, 6.07) is 0.340. The van der Waals surface area contributed by atoms with Crippen LogP contribution in [-0.4, -0.2) is 58.9 Å². The summed E-state index contributed by atoms with van der Waals surface area (Å²) in [5.74, 6) is 1.77. The molecule has 1 aliphatic heterocycles. The number of anilines is 2. The number of hydrogen-bond donors (Lipinski definition) is 2. The van der Waals surface area contributed by atoms with Crippen LogP contribution in [0.1, 0.15) is 33.1 Å². The van der Waals surface area contributed by atoms with Crippen molar-refractivity contribution in [3.63, 3.8) is 0 Å². The van der Waals surface area contributed by atoms with Gasteiger partial charge in [0.15, 0.2) is 0 Å². The van der Waals surface area contributed by atoms with Gasteiger partial charge in [0.2, 0.25) is 17.0 Å². The Bertz CT molecular complexity index is 557. The lowest BCUT2D eigenvalue weighted by molar-refractivity contribution is -0.123. The molecule has 0 unspecified atom stereocenters. The third-order valence-corrected chi connectivity index (χ3v) is 6.29. The molecule has 2 heterocycles. The van der Waals surface area contributed by atoms with E-state index in [1.807, 2.05) is 0 Å². The standard InChI is InChI=1S/C16H28N6OS/c1-11-4-3-5-13(12(11)2)18-14(23)10-21-6-8-22(9-7-21)16-19-15(17)20-24-16/h11-13H,3-10H2,1-2H3,(H2,17,20)(H,18,23)/t11-,12+,13-/m1/s1. The maximum absolute atomic E-state index is 12.4. The normalized spacial score (nSPS) is 28.8. The molecule has 7 nitrogen and oxygen atoms in total. The number of aromatic nitrogens is 2. The monoisotopic (exact) mass is 352 g/mol. The van der Waals surface area contributed by atoms with E-state index in [1.165, 1.54) is 24.4 Å². The van der Waals surface area contributed by atoms with E-state index in [4.69, 9.17) is 5.73 Å². The SMILES string of the molecule is C[C@H]1[C@H](C)CCC[C@H]1NC(=O)CN1CCN(c2nc(N)ns2)CC1. The Morgan fingerprint density at radius 2 is 2.04 bits per heavy atom. The second-order valence-corrected chi connectivity index (χ2v) is 7.87. The van der Waals surface area contributed by atoms with Crippen LogP contribution in [0.2, 0.25) is 0 Å². The Morgan fingerprint density at radius 1 is 1.29 bits per heavy atom. The van der Waals surface area contributed by atoms with Gasteiger partial charge in [-0.2, -0.15) is 9.36 Å². The summed E-state index contributed by atoms with van der Waals surface area (Å²) in [4.78, 5) is 21.0. The molecule has 0 aromatic carbocycles. The summed E-state index contributed by atoms with van der Waals surface area (Å²) in [5, 5.41) is 4.14. The highest BCUT2D eigenvalue weighted by molar-refractivity contribution is 7.09. The predicted molar refractivity (Wildman–Crippen MR) is 97.1 cm³/mol. The largest absolute Gasteiger partial charge is 0.367 e. The van der Waals surface area contributed by atoms with E-state index in [9.17, 15) is 4.79 Å². The zero-order valence-corrected chi connectivity index (χ0v) is 15.4. The van der Waals surface area contributed by atoms with Crippen molar-refractivity contribution in [1.29, 1.82) is 0 Å². The van der Waals surface area contributed by atoms with Gasteiger partial charge in [-0.05, 0) is 18.3 Å². The fraction of sp³-hybridized carbons (Fsp3) is 0.812. The van der Waals surface area contributed by atoms with Crippen molar-refractivity contribution < 1.29 is 4.79 Å². The van der Waals surface area contributed by atoms with Crippen LogP contribution in [0.3, 0.4) is 0 Å². The molecule has 3 N–H and O–H groups in total. The van der Waals surface area contributed by atoms with Gasteiger partial charge < -0.3 is 16.0 Å². The van der Waals surface area contributed by atoms with E-state index >= 15 is 0 Å². The zero-order valence-electron chi connectivity index (χ0n) is 14.6. The first kappa shape index (κ1) is 17.4. The number of nitrogens with one attached hydrogen (secondary N) is 1. The molecule has 1 saturated carbocycles. The highest BCUT2D eigenvalue weighted by Gasteiger charge is 2.29. The van der Waals surface area contributed by atoms with Crippen molar-refractivity contribution in [3.05, 3.63) is 0 Å². The molecule has 0 bridgehead atoms. The van der Waals surface area contributed by atoms with Gasteiger partial charge in [0.05, 0.1) is 6.54 Å². The minimum absolute atomic E-state index is 0.162. The van der Waals surface area contributed by atoms with Crippen LogP contribution in [0.25, 0.3) is 0 Å². The Kier molecular flexibility index (Phi) is 5.55. The van der Waals surface area contributed by atoms with Gasteiger partial charge in [-0.1, -0.05) is 26.7 Å². The molecule has 3 atom stereocenters. The molecule has 1 aromatic heterocycles. The van der Waals surface area contributed by atoms with E-state index in [0.29, 0.717) is 30.4 Å². The minimum Gasteiger partial charge on any atom is -0.367 e. The molecule has 0 spiro atoms. The highest BCUT2D eigenvalue weighted by atomic mass is 32.1. The molecule has 1 saturated heterocycles. The third kappa shape index (κ3) is 4.16. The summed E-state index contributed by atoms with van der Waals surface area (Å²) in [5.41, 5.74) is 5.59. The molecule has 1 aromatic rings. The maximum Gasteiger partial charge on any atom is 0.234 e. The van der Waals surface area contributed by atoms with Crippen LogP contribution < -0.4 is 16.0 Å². The molecule has 8 heteroatoms. The van der Waals surface area contributed by atoms with Crippen molar-refractivity contribution in [2.75, 3.05) is 43.4 Å². The highest BCUT2D eigenvalue weighted by Crippen LogP contribution is 2.29. The smallest absolute Gasteiger partial charge is 0.234 e. The second kappa shape index (κ2) is 7.65. The molecule has 1 aliphatic carbocycles. The molecular formula is C16H28N6OS. The third-order valence-electron chi connectivity index (χ3n) is 5.49. The van der Waals surface area contributed by atoms with Crippen LogP contribution in [-0.2, 0) is 4.79 Å². The summed E-state index contributed by atoms with van der Waals surface area (Å²) < 4.78 is 4.03. The molecule has 1 amide bonds. The molecule has 24 heavy (non-hydrogen) atoms. The number of hydrogen-bond acceptors (Lipinski definition) is 7. The quantitative estimate of drug-likeness (QED) is 0.846. The van der Waals surface area contributed by atoms with Gasteiger partial charge in [-0.25, -0.2) is 0 Å². The summed E-state index contributed by atoms with van der Waals surface area (Å²) in [6.45, 7) is 8.50. The lowest BCUT2D eigenvalue weighted by Gasteiger charge is -2.36. The molecule has 0 radical (unpaired) electrons. The fourth-order valence-corrected chi connectivity index (χ4v) is 4.34. The van der Waals surface area contributed by atoms with E-state index in [-0.39, 0.29) is 5.91 Å². The van der Waals surface area contributed by atoms with E-state index in [2.05, 4.69) is 38.3 Å². The van der Waals surface area contributed by atoms with Crippen molar-refractivity contribution in [3.8, 4) is 0 Å². The maximum atomic E-state index is 12.4. The average molecular weight is 353 g/mol. The number of nitrogen functional groups attached to an aromatic ring is 1. The van der Waals surface area contributed by atoms with Crippen molar-refractivity contribution in [2.24, 2.45) is 11.8 Å². The Morgan fingerprint density at radius 3 is 2.71 bits per heavy atom. The Hall–Kier alpha value is -1.41. The van der Waals surface area contributed by atoms with E-state index in [0.717, 1.165) is 37.7 Å². The Labute approximate surface area is 147 Å². The van der Waals surface area contributed by atoms with Gasteiger partial charge in [0, 0.05) is 43.8 Å². The number of amides is 1. The number of carbonyl (C=O) groups excluding carboxylic acids is 1. The predicted octanol–water partition coefficient (Wildman–Crippen LogP) is 1.18. The van der Waals surface area contributed by atoms with Crippen molar-refractivity contribution >= 4 is 28.5 Å². The van der Waals surface area contributed by atoms with Crippen molar-refractivity contribution in [2.45, 2.75) is 39.2 Å². The van der Waals surface area contributed by atoms with E-state index < -0.39 is 0 Å². The number of carbonyl (C=O) groups is 1. The molecule has 2 aliphatic rings. The fourth-order valence-electron chi connectivity index (χ4n) is 3.69. The number of rotatable bonds is 4. The van der Waals surface area contributed by atoms with E-state index in [1.54, 1.807) is 0 Å². The Balaban J connectivity index is 1.43. The average Bonchev–Trinajstić information content (AvgIpc) is 2.99. The summed E-state index contributed by atoms with van der Waals surface area (Å²) in [6.07, 6.45) is 3.62.